The Kier molecular flexibility index (Phi) is 5.83. The Hall–Kier alpha value is -4.97. The van der Waals surface area contributed by atoms with Crippen molar-refractivity contribution in [2.45, 2.75) is 13.5 Å². The van der Waals surface area contributed by atoms with Gasteiger partial charge in [-0.1, -0.05) is 72.3 Å². The molecule has 2 aromatic heterocycles. The number of nitrogens with zero attached hydrogens (tertiary/aromatic N) is 3. The minimum Gasteiger partial charge on any atom is -0.488 e. The van der Waals surface area contributed by atoms with E-state index in [-0.39, 0.29) is 5.56 Å². The van der Waals surface area contributed by atoms with Crippen LogP contribution in [-0.2, 0) is 6.61 Å². The summed E-state index contributed by atoms with van der Waals surface area (Å²) in [6.45, 7) is 2.48. The van der Waals surface area contributed by atoms with Gasteiger partial charge in [-0.3, -0.25) is 4.79 Å². The fraction of sp³-hybridized carbons (Fsp3) is 0.0645. The summed E-state index contributed by atoms with van der Waals surface area (Å²) in [4.78, 5) is 18.3. The number of rotatable bonds is 6. The molecule has 0 N–H and O–H groups in total. The molecule has 4 aromatic carbocycles. The van der Waals surface area contributed by atoms with E-state index >= 15 is 0 Å². The lowest BCUT2D eigenvalue weighted by Crippen LogP contribution is -2.20. The summed E-state index contributed by atoms with van der Waals surface area (Å²) in [6.07, 6.45) is 1.62. The van der Waals surface area contributed by atoms with Crippen molar-refractivity contribution < 1.29 is 9.15 Å². The van der Waals surface area contributed by atoms with Crippen molar-refractivity contribution in [3.05, 3.63) is 130 Å². The van der Waals surface area contributed by atoms with Gasteiger partial charge in [-0.15, -0.1) is 0 Å². The molecule has 6 nitrogen and oxygen atoms in total. The quantitative estimate of drug-likeness (QED) is 0.250. The predicted octanol–water partition coefficient (Wildman–Crippen LogP) is 6.58. The third-order valence-electron chi connectivity index (χ3n) is 6.11. The molecule has 0 saturated heterocycles. The van der Waals surface area contributed by atoms with Crippen LogP contribution < -0.4 is 10.3 Å². The molecule has 37 heavy (non-hydrogen) atoms. The molecule has 0 saturated carbocycles. The summed E-state index contributed by atoms with van der Waals surface area (Å²) in [5.74, 6) is 1.46. The van der Waals surface area contributed by atoms with Crippen LogP contribution in [0.1, 0.15) is 16.7 Å². The molecule has 0 spiro atoms. The third-order valence-corrected chi connectivity index (χ3v) is 6.11. The maximum Gasteiger partial charge on any atom is 0.282 e. The van der Waals surface area contributed by atoms with Gasteiger partial charge >= 0.3 is 0 Å². The van der Waals surface area contributed by atoms with Crippen LogP contribution in [0.3, 0.4) is 0 Å². The van der Waals surface area contributed by atoms with Gasteiger partial charge in [-0.05, 0) is 48.9 Å². The first-order valence-corrected chi connectivity index (χ1v) is 12.0. The van der Waals surface area contributed by atoms with Crippen LogP contribution in [0.4, 0.5) is 0 Å². The highest BCUT2D eigenvalue weighted by Gasteiger charge is 2.16. The second-order valence-corrected chi connectivity index (χ2v) is 8.78. The Morgan fingerprint density at radius 3 is 2.62 bits per heavy atom. The Morgan fingerprint density at radius 2 is 1.73 bits per heavy atom. The summed E-state index contributed by atoms with van der Waals surface area (Å²) < 4.78 is 13.4. The van der Waals surface area contributed by atoms with Crippen molar-refractivity contribution in [2.75, 3.05) is 0 Å². The number of benzene rings is 4. The van der Waals surface area contributed by atoms with Crippen LogP contribution >= 0.6 is 0 Å². The lowest BCUT2D eigenvalue weighted by atomic mass is 10.1. The molecule has 6 rings (SSSR count). The molecule has 0 aliphatic rings. The van der Waals surface area contributed by atoms with Crippen molar-refractivity contribution >= 4 is 28.1 Å². The fourth-order valence-electron chi connectivity index (χ4n) is 4.28. The molecule has 0 fully saturated rings. The van der Waals surface area contributed by atoms with E-state index in [4.69, 9.17) is 14.1 Å². The SMILES string of the molecule is Cc1cccc(COc2ccccc2C=Nn2c(-c3cc4ccccc4o3)nc3ccccc3c2=O)c1. The maximum absolute atomic E-state index is 13.5. The summed E-state index contributed by atoms with van der Waals surface area (Å²) in [5, 5.41) is 5.98. The van der Waals surface area contributed by atoms with Crippen molar-refractivity contribution in [3.8, 4) is 17.3 Å². The first-order valence-electron chi connectivity index (χ1n) is 12.0. The van der Waals surface area contributed by atoms with E-state index in [0.717, 1.165) is 16.5 Å². The Balaban J connectivity index is 1.42. The molecule has 0 atom stereocenters. The van der Waals surface area contributed by atoms with Gasteiger partial charge in [0.25, 0.3) is 5.56 Å². The van der Waals surface area contributed by atoms with Gasteiger partial charge < -0.3 is 9.15 Å². The molecule has 0 radical (unpaired) electrons. The van der Waals surface area contributed by atoms with Crippen LogP contribution in [0, 0.1) is 6.92 Å². The number of hydrogen-bond acceptors (Lipinski definition) is 5. The number of aromatic nitrogens is 2. The summed E-state index contributed by atoms with van der Waals surface area (Å²) in [7, 11) is 0. The van der Waals surface area contributed by atoms with Gasteiger partial charge in [0.1, 0.15) is 17.9 Å². The van der Waals surface area contributed by atoms with Crippen molar-refractivity contribution in [3.63, 3.8) is 0 Å². The van der Waals surface area contributed by atoms with Gasteiger partial charge in [-0.25, -0.2) is 4.98 Å². The molecule has 180 valence electrons. The van der Waals surface area contributed by atoms with E-state index < -0.39 is 0 Å². The van der Waals surface area contributed by atoms with Crippen LogP contribution in [0.15, 0.2) is 117 Å². The number of aryl methyl sites for hydroxylation is 1. The van der Waals surface area contributed by atoms with Crippen LogP contribution in [-0.4, -0.2) is 15.9 Å². The van der Waals surface area contributed by atoms with Gasteiger partial charge in [-0.2, -0.15) is 9.78 Å². The molecule has 0 bridgehead atoms. The standard InChI is InChI=1S/C31H23N3O3/c1-21-9-8-10-22(17-21)20-36-27-15-6-3-12-24(27)19-32-34-30(29-18-23-11-2-7-16-28(23)37-29)33-26-14-5-4-13-25(26)31(34)35/h2-19H,20H2,1H3. The lowest BCUT2D eigenvalue weighted by Gasteiger charge is -2.10. The second-order valence-electron chi connectivity index (χ2n) is 8.78. The number of hydrogen-bond donors (Lipinski definition) is 0. The third kappa shape index (κ3) is 4.52. The van der Waals surface area contributed by atoms with E-state index in [1.165, 1.54) is 10.2 Å². The first-order chi connectivity index (χ1) is 18.2. The van der Waals surface area contributed by atoms with Gasteiger partial charge in [0, 0.05) is 10.9 Å². The largest absolute Gasteiger partial charge is 0.488 e. The van der Waals surface area contributed by atoms with E-state index in [0.29, 0.717) is 40.4 Å². The topological polar surface area (TPSA) is 69.6 Å². The van der Waals surface area contributed by atoms with Crippen molar-refractivity contribution in [1.82, 2.24) is 9.66 Å². The summed E-state index contributed by atoms with van der Waals surface area (Å²) in [5.41, 5.74) is 4.01. The number of fused-ring (bicyclic) bond motifs is 2. The molecule has 0 aliphatic carbocycles. The van der Waals surface area contributed by atoms with Crippen LogP contribution in [0.2, 0.25) is 0 Å². The number of ether oxygens (including phenoxy) is 1. The molecule has 6 aromatic rings. The fourth-order valence-corrected chi connectivity index (χ4v) is 4.28. The molecule has 6 heteroatoms. The Morgan fingerprint density at radius 1 is 0.919 bits per heavy atom. The van der Waals surface area contributed by atoms with E-state index in [1.54, 1.807) is 12.3 Å². The van der Waals surface area contributed by atoms with E-state index in [1.807, 2.05) is 84.9 Å². The molecule has 2 heterocycles. The van der Waals surface area contributed by atoms with Gasteiger partial charge in [0.2, 0.25) is 5.82 Å². The van der Waals surface area contributed by atoms with Crippen LogP contribution in [0.5, 0.6) is 5.75 Å². The number of para-hydroxylation sites is 3. The van der Waals surface area contributed by atoms with Crippen LogP contribution in [0.25, 0.3) is 33.5 Å². The Bertz CT molecular complexity index is 1800. The number of furan rings is 1. The second kappa shape index (κ2) is 9.59. The zero-order valence-electron chi connectivity index (χ0n) is 20.2. The van der Waals surface area contributed by atoms with Crippen molar-refractivity contribution in [2.24, 2.45) is 5.10 Å². The highest BCUT2D eigenvalue weighted by molar-refractivity contribution is 5.85. The molecule has 0 amide bonds. The Labute approximate surface area is 213 Å². The van der Waals surface area contributed by atoms with Gasteiger partial charge in [0.15, 0.2) is 5.76 Å². The maximum atomic E-state index is 13.5. The first kappa shape index (κ1) is 22.5. The minimum absolute atomic E-state index is 0.282. The smallest absolute Gasteiger partial charge is 0.282 e. The molecular formula is C31H23N3O3. The average molecular weight is 486 g/mol. The monoisotopic (exact) mass is 485 g/mol. The molecule has 0 unspecified atom stereocenters. The summed E-state index contributed by atoms with van der Waals surface area (Å²) in [6, 6.07) is 32.6. The summed E-state index contributed by atoms with van der Waals surface area (Å²) >= 11 is 0. The van der Waals surface area contributed by atoms with Crippen molar-refractivity contribution in [1.29, 1.82) is 0 Å². The highest BCUT2D eigenvalue weighted by atomic mass is 16.5. The van der Waals surface area contributed by atoms with E-state index in [2.05, 4.69) is 24.2 Å². The zero-order valence-corrected chi connectivity index (χ0v) is 20.2. The predicted molar refractivity (Wildman–Crippen MR) is 146 cm³/mol. The molecule has 0 aliphatic heterocycles. The average Bonchev–Trinajstić information content (AvgIpc) is 3.36. The van der Waals surface area contributed by atoms with E-state index in [9.17, 15) is 4.79 Å². The lowest BCUT2D eigenvalue weighted by molar-refractivity contribution is 0.305. The minimum atomic E-state index is -0.282. The zero-order chi connectivity index (χ0) is 25.2. The molecular weight excluding hydrogens is 462 g/mol. The highest BCUT2D eigenvalue weighted by Crippen LogP contribution is 2.27. The van der Waals surface area contributed by atoms with Gasteiger partial charge in [0.05, 0.1) is 17.1 Å². The normalized spacial score (nSPS) is 11.5.